The van der Waals surface area contributed by atoms with Gasteiger partial charge in [0.25, 0.3) is 11.7 Å². The minimum Gasteiger partial charge on any atom is -0.487 e. The van der Waals surface area contributed by atoms with E-state index in [2.05, 4.69) is 0 Å². The molecule has 4 rings (SSSR count). The average molecular weight is 454 g/mol. The zero-order valence-electron chi connectivity index (χ0n) is 17.7. The Morgan fingerprint density at radius 1 is 1.12 bits per heavy atom. The van der Waals surface area contributed by atoms with Crippen molar-refractivity contribution in [3.63, 3.8) is 0 Å². The molecule has 0 aliphatic carbocycles. The average Bonchev–Trinajstić information content (AvgIpc) is 3.41. The fraction of sp³-hybridized carbons (Fsp3) is 0.292. The number of fused-ring (bicyclic) bond motifs is 1. The largest absolute Gasteiger partial charge is 0.487 e. The van der Waals surface area contributed by atoms with Crippen LogP contribution in [-0.2, 0) is 23.2 Å². The molecule has 2 heterocycles. The maximum Gasteiger partial charge on any atom is 0.295 e. The number of likely N-dealkylation sites (tertiary alicyclic amines) is 1. The van der Waals surface area contributed by atoms with Crippen LogP contribution in [0.25, 0.3) is 10.9 Å². The van der Waals surface area contributed by atoms with Gasteiger partial charge in [0.1, 0.15) is 12.4 Å². The number of carbonyl (C=O) groups is 3. The maximum atomic E-state index is 13.4. The van der Waals surface area contributed by atoms with Crippen LogP contribution in [-0.4, -0.2) is 46.6 Å². The van der Waals surface area contributed by atoms with Crippen molar-refractivity contribution in [3.8, 4) is 5.75 Å². The first-order valence-corrected chi connectivity index (χ1v) is 10.8. The number of halogens is 1. The molecule has 8 heteroatoms. The SMILES string of the molecule is Cn1c(COc2ccc(Cl)cc2)c(C(=O)C(=O)N2CCC(C(=O)CN)C2)c2ccccc21. The summed E-state index contributed by atoms with van der Waals surface area (Å²) in [5, 5.41) is 1.29. The second-order valence-corrected chi connectivity index (χ2v) is 8.31. The number of para-hydroxylation sites is 1. The van der Waals surface area contributed by atoms with E-state index in [-0.39, 0.29) is 31.4 Å². The van der Waals surface area contributed by atoms with E-state index in [0.717, 1.165) is 5.52 Å². The summed E-state index contributed by atoms with van der Waals surface area (Å²) in [6, 6.07) is 14.4. The van der Waals surface area contributed by atoms with Crippen LogP contribution < -0.4 is 10.5 Å². The Kier molecular flexibility index (Phi) is 6.30. The zero-order valence-corrected chi connectivity index (χ0v) is 18.5. The molecule has 1 aromatic heterocycles. The van der Waals surface area contributed by atoms with E-state index < -0.39 is 11.7 Å². The van der Waals surface area contributed by atoms with Gasteiger partial charge in [-0.1, -0.05) is 29.8 Å². The second-order valence-electron chi connectivity index (χ2n) is 7.88. The molecule has 0 bridgehead atoms. The summed E-state index contributed by atoms with van der Waals surface area (Å²) < 4.78 is 7.77. The molecule has 1 saturated heterocycles. The smallest absolute Gasteiger partial charge is 0.295 e. The van der Waals surface area contributed by atoms with E-state index in [1.165, 1.54) is 4.90 Å². The Morgan fingerprint density at radius 3 is 2.56 bits per heavy atom. The summed E-state index contributed by atoms with van der Waals surface area (Å²) in [5.41, 5.74) is 7.22. The van der Waals surface area contributed by atoms with Crippen LogP contribution >= 0.6 is 11.6 Å². The molecule has 1 aliphatic heterocycles. The minimum absolute atomic E-state index is 0.0594. The van der Waals surface area contributed by atoms with Crippen molar-refractivity contribution in [1.29, 1.82) is 0 Å². The predicted molar refractivity (Wildman–Crippen MR) is 122 cm³/mol. The summed E-state index contributed by atoms with van der Waals surface area (Å²) in [5.74, 6) is -1.00. The number of benzene rings is 2. The van der Waals surface area contributed by atoms with Gasteiger partial charge in [-0.2, -0.15) is 0 Å². The summed E-state index contributed by atoms with van der Waals surface area (Å²) >= 11 is 5.94. The molecule has 1 unspecified atom stereocenters. The van der Waals surface area contributed by atoms with E-state index in [1.807, 2.05) is 35.9 Å². The van der Waals surface area contributed by atoms with Gasteiger partial charge in [-0.25, -0.2) is 0 Å². The van der Waals surface area contributed by atoms with Gasteiger partial charge < -0.3 is 19.9 Å². The Labute approximate surface area is 190 Å². The lowest BCUT2D eigenvalue weighted by atomic mass is 10.0. The molecular weight excluding hydrogens is 430 g/mol. The highest BCUT2D eigenvalue weighted by Gasteiger charge is 2.35. The molecule has 0 radical (unpaired) electrons. The van der Waals surface area contributed by atoms with Crippen molar-refractivity contribution in [3.05, 3.63) is 64.8 Å². The Bertz CT molecular complexity index is 1190. The fourth-order valence-corrected chi connectivity index (χ4v) is 4.30. The third-order valence-corrected chi connectivity index (χ3v) is 6.22. The van der Waals surface area contributed by atoms with Gasteiger partial charge in [-0.15, -0.1) is 0 Å². The lowest BCUT2D eigenvalue weighted by molar-refractivity contribution is -0.126. The number of Topliss-reactive ketones (excluding diaryl/α,β-unsaturated/α-hetero) is 2. The van der Waals surface area contributed by atoms with Crippen LogP contribution in [0.4, 0.5) is 0 Å². The quantitative estimate of drug-likeness (QED) is 0.438. The standard InChI is InChI=1S/C24H24ClN3O4/c1-27-19-5-3-2-4-18(19)22(20(27)14-32-17-8-6-16(25)7-9-17)23(30)24(31)28-11-10-15(13-28)21(29)12-26/h2-9,15H,10-14,26H2,1H3. The van der Waals surface area contributed by atoms with E-state index in [0.29, 0.717) is 40.4 Å². The molecule has 1 aliphatic rings. The van der Waals surface area contributed by atoms with Crippen LogP contribution in [0.2, 0.25) is 5.02 Å². The number of ether oxygens (including phenoxy) is 1. The maximum absolute atomic E-state index is 13.4. The molecule has 32 heavy (non-hydrogen) atoms. The minimum atomic E-state index is -0.610. The molecular formula is C24H24ClN3O4. The van der Waals surface area contributed by atoms with Gasteiger partial charge in [-0.3, -0.25) is 14.4 Å². The Balaban J connectivity index is 1.64. The number of carbonyl (C=O) groups excluding carboxylic acids is 3. The summed E-state index contributed by atoms with van der Waals surface area (Å²) in [6.45, 7) is 0.635. The third kappa shape index (κ3) is 4.13. The Hall–Kier alpha value is -3.16. The molecule has 7 nitrogen and oxygen atoms in total. The van der Waals surface area contributed by atoms with Crippen LogP contribution in [0.1, 0.15) is 22.5 Å². The van der Waals surface area contributed by atoms with Crippen molar-refractivity contribution >= 4 is 40.0 Å². The van der Waals surface area contributed by atoms with E-state index in [1.54, 1.807) is 24.3 Å². The van der Waals surface area contributed by atoms with Crippen molar-refractivity contribution in [1.82, 2.24) is 9.47 Å². The van der Waals surface area contributed by atoms with Gasteiger partial charge in [0.05, 0.1) is 17.8 Å². The highest BCUT2D eigenvalue weighted by Crippen LogP contribution is 2.29. The topological polar surface area (TPSA) is 94.6 Å². The third-order valence-electron chi connectivity index (χ3n) is 5.97. The predicted octanol–water partition coefficient (Wildman–Crippen LogP) is 2.97. The first kappa shape index (κ1) is 22.0. The monoisotopic (exact) mass is 453 g/mol. The lowest BCUT2D eigenvalue weighted by Crippen LogP contribution is -2.36. The van der Waals surface area contributed by atoms with E-state index >= 15 is 0 Å². The first-order valence-electron chi connectivity index (χ1n) is 10.4. The second kappa shape index (κ2) is 9.14. The van der Waals surface area contributed by atoms with Crippen LogP contribution in [0, 0.1) is 5.92 Å². The van der Waals surface area contributed by atoms with Crippen LogP contribution in [0.3, 0.4) is 0 Å². The van der Waals surface area contributed by atoms with E-state index in [4.69, 9.17) is 22.1 Å². The molecule has 0 spiro atoms. The van der Waals surface area contributed by atoms with Crippen molar-refractivity contribution in [2.24, 2.45) is 18.7 Å². The molecule has 2 aromatic carbocycles. The van der Waals surface area contributed by atoms with Crippen LogP contribution in [0.15, 0.2) is 48.5 Å². The van der Waals surface area contributed by atoms with E-state index in [9.17, 15) is 14.4 Å². The lowest BCUT2D eigenvalue weighted by Gasteiger charge is -2.16. The van der Waals surface area contributed by atoms with Crippen molar-refractivity contribution in [2.45, 2.75) is 13.0 Å². The molecule has 3 aromatic rings. The normalized spacial score (nSPS) is 15.8. The molecule has 2 N–H and O–H groups in total. The number of hydrogen-bond acceptors (Lipinski definition) is 5. The molecule has 0 saturated carbocycles. The van der Waals surface area contributed by atoms with Crippen molar-refractivity contribution < 1.29 is 19.1 Å². The highest BCUT2D eigenvalue weighted by molar-refractivity contribution is 6.45. The number of nitrogens with zero attached hydrogens (tertiary/aromatic N) is 2. The molecule has 1 atom stereocenters. The zero-order chi connectivity index (χ0) is 22.8. The fourth-order valence-electron chi connectivity index (χ4n) is 4.18. The molecule has 1 fully saturated rings. The summed E-state index contributed by atoms with van der Waals surface area (Å²) in [4.78, 5) is 39.9. The number of ketones is 2. The number of aryl methyl sites for hydroxylation is 1. The van der Waals surface area contributed by atoms with Gasteiger partial charge in [0.15, 0.2) is 5.78 Å². The first-order chi connectivity index (χ1) is 15.4. The van der Waals surface area contributed by atoms with Crippen LogP contribution in [0.5, 0.6) is 5.75 Å². The summed E-state index contributed by atoms with van der Waals surface area (Å²) in [6.07, 6.45) is 0.525. The number of rotatable bonds is 7. The Morgan fingerprint density at radius 2 is 1.84 bits per heavy atom. The van der Waals surface area contributed by atoms with Gasteiger partial charge in [0, 0.05) is 42.0 Å². The number of aromatic nitrogens is 1. The summed E-state index contributed by atoms with van der Waals surface area (Å²) in [7, 11) is 1.84. The number of hydrogen-bond donors (Lipinski definition) is 1. The number of nitrogens with two attached hydrogens (primary N) is 1. The van der Waals surface area contributed by atoms with Crippen molar-refractivity contribution in [2.75, 3.05) is 19.6 Å². The van der Waals surface area contributed by atoms with Gasteiger partial charge in [-0.05, 0) is 36.8 Å². The molecule has 1 amide bonds. The molecule has 166 valence electrons. The van der Waals surface area contributed by atoms with Gasteiger partial charge >= 0.3 is 0 Å². The van der Waals surface area contributed by atoms with Gasteiger partial charge in [0.2, 0.25) is 0 Å². The number of amides is 1. The highest BCUT2D eigenvalue weighted by atomic mass is 35.5.